The van der Waals surface area contributed by atoms with Gasteiger partial charge in [-0.15, -0.1) is 0 Å². The van der Waals surface area contributed by atoms with Gasteiger partial charge in [-0.25, -0.2) is 0 Å². The predicted molar refractivity (Wildman–Crippen MR) is 84.0 cm³/mol. The zero-order valence-electron chi connectivity index (χ0n) is 14.1. The molecule has 114 valence electrons. The molecule has 0 radical (unpaired) electrons. The highest BCUT2D eigenvalue weighted by Crippen LogP contribution is 2.23. The Kier molecular flexibility index (Phi) is 4.26. The molecule has 1 aliphatic heterocycles. The molecule has 1 aromatic heterocycles. The minimum absolute atomic E-state index is 0.0510. The Morgan fingerprint density at radius 1 is 1.25 bits per heavy atom. The van der Waals surface area contributed by atoms with Gasteiger partial charge in [0.2, 0.25) is 0 Å². The predicted octanol–water partition coefficient (Wildman–Crippen LogP) is 2.44. The smallest absolute Gasteiger partial charge is 0.0641 e. The van der Waals surface area contributed by atoms with E-state index in [0.717, 1.165) is 19.6 Å². The fourth-order valence-electron chi connectivity index (χ4n) is 3.08. The molecule has 1 N–H and O–H groups in total. The van der Waals surface area contributed by atoms with Crippen molar-refractivity contribution in [2.24, 2.45) is 0 Å². The van der Waals surface area contributed by atoms with Crippen molar-refractivity contribution in [1.82, 2.24) is 20.0 Å². The number of nitrogens with zero attached hydrogens (tertiary/aromatic N) is 3. The Morgan fingerprint density at radius 3 is 2.45 bits per heavy atom. The Balaban J connectivity index is 2.23. The van der Waals surface area contributed by atoms with E-state index in [1.54, 1.807) is 0 Å². The molecule has 2 heterocycles. The van der Waals surface area contributed by atoms with Gasteiger partial charge in [0, 0.05) is 43.0 Å². The van der Waals surface area contributed by atoms with E-state index in [0.29, 0.717) is 12.1 Å². The summed E-state index contributed by atoms with van der Waals surface area (Å²) in [6.45, 7) is 18.8. The first-order valence-corrected chi connectivity index (χ1v) is 7.73. The van der Waals surface area contributed by atoms with Crippen molar-refractivity contribution in [2.45, 2.75) is 72.6 Å². The van der Waals surface area contributed by atoms with Gasteiger partial charge in [0.1, 0.15) is 0 Å². The van der Waals surface area contributed by atoms with Crippen LogP contribution in [-0.4, -0.2) is 39.9 Å². The molecule has 0 bridgehead atoms. The maximum atomic E-state index is 4.77. The van der Waals surface area contributed by atoms with Crippen molar-refractivity contribution in [3.63, 3.8) is 0 Å². The first-order valence-electron chi connectivity index (χ1n) is 7.73. The summed E-state index contributed by atoms with van der Waals surface area (Å²) in [7, 11) is 0. The van der Waals surface area contributed by atoms with Crippen LogP contribution < -0.4 is 5.32 Å². The average molecular weight is 278 g/mol. The van der Waals surface area contributed by atoms with Crippen LogP contribution in [0.15, 0.2) is 0 Å². The van der Waals surface area contributed by atoms with Crippen LogP contribution in [0.1, 0.15) is 51.6 Å². The molecule has 4 heteroatoms. The second-order valence-corrected chi connectivity index (χ2v) is 7.32. The molecule has 2 atom stereocenters. The molecule has 0 aliphatic carbocycles. The molecule has 0 amide bonds. The molecule has 2 rings (SSSR count). The number of aryl methyl sites for hydroxylation is 1. The number of nitrogens with one attached hydrogen (secondary N) is 1. The fourth-order valence-corrected chi connectivity index (χ4v) is 3.08. The van der Waals surface area contributed by atoms with Crippen LogP contribution in [0.3, 0.4) is 0 Å². The highest BCUT2D eigenvalue weighted by Gasteiger charge is 2.26. The largest absolute Gasteiger partial charge is 0.311 e. The number of rotatable bonds is 2. The van der Waals surface area contributed by atoms with Crippen molar-refractivity contribution in [2.75, 3.05) is 13.1 Å². The van der Waals surface area contributed by atoms with E-state index in [1.165, 1.54) is 17.0 Å². The molecular formula is C16H30N4. The zero-order chi connectivity index (χ0) is 15.1. The van der Waals surface area contributed by atoms with Gasteiger partial charge in [0.25, 0.3) is 0 Å². The van der Waals surface area contributed by atoms with Gasteiger partial charge in [-0.05, 0) is 48.5 Å². The first-order chi connectivity index (χ1) is 9.20. The summed E-state index contributed by atoms with van der Waals surface area (Å²) in [5, 5.41) is 8.31. The SMILES string of the molecule is Cc1nn(C(C)(C)C)c(C)c1CN1CC(C)NCC1C. The second-order valence-electron chi connectivity index (χ2n) is 7.32. The number of piperazine rings is 1. The lowest BCUT2D eigenvalue weighted by Gasteiger charge is -2.37. The van der Waals surface area contributed by atoms with E-state index in [1.807, 2.05) is 0 Å². The van der Waals surface area contributed by atoms with Gasteiger partial charge in [-0.1, -0.05) is 0 Å². The third-order valence-corrected chi connectivity index (χ3v) is 4.33. The third-order valence-electron chi connectivity index (χ3n) is 4.33. The lowest BCUT2D eigenvalue weighted by atomic mass is 10.1. The van der Waals surface area contributed by atoms with E-state index in [4.69, 9.17) is 5.10 Å². The van der Waals surface area contributed by atoms with E-state index in [-0.39, 0.29) is 5.54 Å². The van der Waals surface area contributed by atoms with E-state index in [9.17, 15) is 0 Å². The van der Waals surface area contributed by atoms with Gasteiger partial charge in [-0.2, -0.15) is 5.10 Å². The van der Waals surface area contributed by atoms with Gasteiger partial charge < -0.3 is 5.32 Å². The van der Waals surface area contributed by atoms with Gasteiger partial charge in [0.05, 0.1) is 11.2 Å². The average Bonchev–Trinajstić information content (AvgIpc) is 2.61. The molecule has 0 spiro atoms. The lowest BCUT2D eigenvalue weighted by Crippen LogP contribution is -2.53. The lowest BCUT2D eigenvalue weighted by molar-refractivity contribution is 0.138. The van der Waals surface area contributed by atoms with Crippen LogP contribution in [0.5, 0.6) is 0 Å². The van der Waals surface area contributed by atoms with Gasteiger partial charge >= 0.3 is 0 Å². The van der Waals surface area contributed by atoms with E-state index in [2.05, 4.69) is 63.4 Å². The summed E-state index contributed by atoms with van der Waals surface area (Å²) in [5.41, 5.74) is 3.94. The van der Waals surface area contributed by atoms with Crippen LogP contribution >= 0.6 is 0 Å². The minimum Gasteiger partial charge on any atom is -0.311 e. The molecule has 1 fully saturated rings. The van der Waals surface area contributed by atoms with Crippen LogP contribution in [0.25, 0.3) is 0 Å². The zero-order valence-corrected chi connectivity index (χ0v) is 14.1. The monoisotopic (exact) mass is 278 g/mol. The highest BCUT2D eigenvalue weighted by molar-refractivity contribution is 5.25. The molecule has 2 unspecified atom stereocenters. The van der Waals surface area contributed by atoms with Crippen LogP contribution in [0.4, 0.5) is 0 Å². The summed E-state index contributed by atoms with van der Waals surface area (Å²) in [4.78, 5) is 2.57. The van der Waals surface area contributed by atoms with Crippen molar-refractivity contribution < 1.29 is 0 Å². The van der Waals surface area contributed by atoms with Crippen molar-refractivity contribution in [3.8, 4) is 0 Å². The topological polar surface area (TPSA) is 33.1 Å². The van der Waals surface area contributed by atoms with Crippen molar-refractivity contribution >= 4 is 0 Å². The van der Waals surface area contributed by atoms with Gasteiger partial charge in [-0.3, -0.25) is 9.58 Å². The highest BCUT2D eigenvalue weighted by atomic mass is 15.3. The second kappa shape index (κ2) is 5.49. The maximum Gasteiger partial charge on any atom is 0.0641 e. The van der Waals surface area contributed by atoms with E-state index >= 15 is 0 Å². The van der Waals surface area contributed by atoms with Gasteiger partial charge in [0.15, 0.2) is 0 Å². The molecule has 1 saturated heterocycles. The van der Waals surface area contributed by atoms with Crippen LogP contribution in [0, 0.1) is 13.8 Å². The molecule has 0 saturated carbocycles. The molecule has 0 aromatic carbocycles. The normalized spacial score (nSPS) is 25.1. The number of hydrogen-bond donors (Lipinski definition) is 1. The fraction of sp³-hybridized carbons (Fsp3) is 0.812. The summed E-state index contributed by atoms with van der Waals surface area (Å²) < 4.78 is 2.17. The maximum absolute atomic E-state index is 4.77. The summed E-state index contributed by atoms with van der Waals surface area (Å²) >= 11 is 0. The van der Waals surface area contributed by atoms with Crippen LogP contribution in [0.2, 0.25) is 0 Å². The van der Waals surface area contributed by atoms with E-state index < -0.39 is 0 Å². The van der Waals surface area contributed by atoms with Crippen molar-refractivity contribution in [1.29, 1.82) is 0 Å². The number of hydrogen-bond acceptors (Lipinski definition) is 3. The molecular weight excluding hydrogens is 248 g/mol. The minimum atomic E-state index is 0.0510. The third kappa shape index (κ3) is 3.07. The molecule has 1 aromatic rings. The molecule has 1 aliphatic rings. The Labute approximate surface area is 123 Å². The summed E-state index contributed by atoms with van der Waals surface area (Å²) in [5.74, 6) is 0. The quantitative estimate of drug-likeness (QED) is 0.902. The Morgan fingerprint density at radius 2 is 1.90 bits per heavy atom. The molecule has 20 heavy (non-hydrogen) atoms. The Hall–Kier alpha value is -0.870. The van der Waals surface area contributed by atoms with Crippen molar-refractivity contribution in [3.05, 3.63) is 17.0 Å². The Bertz CT molecular complexity index is 470. The summed E-state index contributed by atoms with van der Waals surface area (Å²) in [6.07, 6.45) is 0. The summed E-state index contributed by atoms with van der Waals surface area (Å²) in [6, 6.07) is 1.16. The first kappa shape index (κ1) is 15.5. The van der Waals surface area contributed by atoms with Crippen LogP contribution in [-0.2, 0) is 12.1 Å². The standard InChI is InChI=1S/C16H30N4/c1-11-9-19(12(2)8-17-11)10-15-13(3)18-20(14(15)4)16(5,6)7/h11-12,17H,8-10H2,1-7H3. The number of aromatic nitrogens is 2. The molecule has 4 nitrogen and oxygen atoms in total.